The summed E-state index contributed by atoms with van der Waals surface area (Å²) in [5.41, 5.74) is 5.60. The molecule has 0 amide bonds. The first kappa shape index (κ1) is 9.25. The standard InChI is InChI=1S/C12H11N3O/c13-5-6-15-7-9-8-16-11-4-2-1-3-10(11)12(9)14-15/h1-4,7,12,14H,6,8H2. The fourth-order valence-electron chi connectivity index (χ4n) is 2.13. The predicted molar refractivity (Wildman–Crippen MR) is 58.2 cm³/mol. The molecule has 1 aromatic rings. The summed E-state index contributed by atoms with van der Waals surface area (Å²) in [5, 5.41) is 10.5. The molecule has 3 rings (SSSR count). The van der Waals surface area contributed by atoms with Crippen LogP contribution in [0, 0.1) is 11.3 Å². The van der Waals surface area contributed by atoms with E-state index in [9.17, 15) is 0 Å². The van der Waals surface area contributed by atoms with Crippen LogP contribution in [0.4, 0.5) is 0 Å². The molecule has 0 fully saturated rings. The number of fused-ring (bicyclic) bond motifs is 3. The van der Waals surface area contributed by atoms with Crippen molar-refractivity contribution in [3.8, 4) is 11.8 Å². The van der Waals surface area contributed by atoms with Crippen molar-refractivity contribution in [1.29, 1.82) is 5.26 Å². The first-order valence-electron chi connectivity index (χ1n) is 5.20. The van der Waals surface area contributed by atoms with Gasteiger partial charge in [-0.15, -0.1) is 0 Å². The highest BCUT2D eigenvalue weighted by atomic mass is 16.5. The van der Waals surface area contributed by atoms with Gasteiger partial charge in [-0.25, -0.2) is 5.43 Å². The Labute approximate surface area is 93.7 Å². The van der Waals surface area contributed by atoms with Gasteiger partial charge in [0, 0.05) is 17.3 Å². The maximum Gasteiger partial charge on any atom is 0.124 e. The molecule has 1 N–H and O–H groups in total. The average Bonchev–Trinajstić information content (AvgIpc) is 2.72. The fraction of sp³-hybridized carbons (Fsp3) is 0.250. The van der Waals surface area contributed by atoms with Gasteiger partial charge in [-0.3, -0.25) is 0 Å². The number of hydrogen-bond acceptors (Lipinski definition) is 4. The molecule has 0 radical (unpaired) electrons. The van der Waals surface area contributed by atoms with Crippen molar-refractivity contribution in [1.82, 2.24) is 10.4 Å². The minimum absolute atomic E-state index is 0.165. The average molecular weight is 213 g/mol. The minimum Gasteiger partial charge on any atom is -0.489 e. The van der Waals surface area contributed by atoms with E-state index in [1.807, 2.05) is 29.4 Å². The SMILES string of the molecule is N#CCN1C=C2COc3ccccc3C2N1. The van der Waals surface area contributed by atoms with Gasteiger partial charge in [-0.1, -0.05) is 18.2 Å². The number of benzene rings is 1. The van der Waals surface area contributed by atoms with E-state index in [0.717, 1.165) is 11.3 Å². The van der Waals surface area contributed by atoms with Gasteiger partial charge in [0.15, 0.2) is 0 Å². The number of para-hydroxylation sites is 1. The molecule has 1 unspecified atom stereocenters. The second-order valence-corrected chi connectivity index (χ2v) is 3.88. The van der Waals surface area contributed by atoms with Gasteiger partial charge in [0.1, 0.15) is 18.9 Å². The largest absolute Gasteiger partial charge is 0.489 e. The molecule has 0 saturated heterocycles. The highest BCUT2D eigenvalue weighted by Crippen LogP contribution is 2.37. The molecular weight excluding hydrogens is 202 g/mol. The minimum atomic E-state index is 0.165. The van der Waals surface area contributed by atoms with Crippen LogP contribution in [0.1, 0.15) is 11.6 Å². The lowest BCUT2D eigenvalue weighted by molar-refractivity contribution is 0.275. The summed E-state index contributed by atoms with van der Waals surface area (Å²) < 4.78 is 5.65. The molecule has 0 aromatic heterocycles. The molecule has 0 bridgehead atoms. The van der Waals surface area contributed by atoms with E-state index in [1.54, 1.807) is 0 Å². The molecule has 4 nitrogen and oxygen atoms in total. The van der Waals surface area contributed by atoms with Gasteiger partial charge in [0.05, 0.1) is 12.1 Å². The van der Waals surface area contributed by atoms with Crippen LogP contribution in [0.5, 0.6) is 5.75 Å². The number of ether oxygens (including phenoxy) is 1. The Hall–Kier alpha value is -1.99. The summed E-state index contributed by atoms with van der Waals surface area (Å²) in [6.45, 7) is 0.943. The quantitative estimate of drug-likeness (QED) is 0.715. The van der Waals surface area contributed by atoms with Gasteiger partial charge < -0.3 is 9.75 Å². The Morgan fingerprint density at radius 1 is 1.50 bits per heavy atom. The van der Waals surface area contributed by atoms with Crippen molar-refractivity contribution in [3.05, 3.63) is 41.6 Å². The number of hydrazine groups is 1. The lowest BCUT2D eigenvalue weighted by atomic mass is 9.98. The smallest absolute Gasteiger partial charge is 0.124 e. The van der Waals surface area contributed by atoms with Crippen LogP contribution in [-0.4, -0.2) is 18.2 Å². The summed E-state index contributed by atoms with van der Waals surface area (Å²) >= 11 is 0. The summed E-state index contributed by atoms with van der Waals surface area (Å²) in [6, 6.07) is 10.3. The summed E-state index contributed by atoms with van der Waals surface area (Å²) in [5.74, 6) is 0.927. The lowest BCUT2D eigenvalue weighted by Crippen LogP contribution is -2.33. The second kappa shape index (κ2) is 3.54. The molecule has 2 aliphatic heterocycles. The third kappa shape index (κ3) is 1.34. The van der Waals surface area contributed by atoms with Crippen molar-refractivity contribution in [2.24, 2.45) is 0 Å². The second-order valence-electron chi connectivity index (χ2n) is 3.88. The first-order chi connectivity index (χ1) is 7.88. The molecule has 4 heteroatoms. The van der Waals surface area contributed by atoms with Crippen molar-refractivity contribution >= 4 is 0 Å². The van der Waals surface area contributed by atoms with E-state index in [1.165, 1.54) is 5.57 Å². The number of nitrogens with one attached hydrogen (secondary N) is 1. The molecule has 1 aromatic carbocycles. The highest BCUT2D eigenvalue weighted by molar-refractivity contribution is 5.44. The van der Waals surface area contributed by atoms with Gasteiger partial charge in [0.25, 0.3) is 0 Å². The zero-order valence-corrected chi connectivity index (χ0v) is 8.68. The van der Waals surface area contributed by atoms with Crippen molar-refractivity contribution in [2.45, 2.75) is 6.04 Å². The lowest BCUT2D eigenvalue weighted by Gasteiger charge is -2.25. The Morgan fingerprint density at radius 3 is 3.25 bits per heavy atom. The molecule has 2 heterocycles. The molecule has 80 valence electrons. The third-order valence-electron chi connectivity index (χ3n) is 2.85. The van der Waals surface area contributed by atoms with Crippen LogP contribution in [0.25, 0.3) is 0 Å². The van der Waals surface area contributed by atoms with Crippen molar-refractivity contribution < 1.29 is 4.74 Å². The summed E-state index contributed by atoms with van der Waals surface area (Å²) in [4.78, 5) is 0. The van der Waals surface area contributed by atoms with Crippen molar-refractivity contribution in [2.75, 3.05) is 13.2 Å². The maximum absolute atomic E-state index is 8.66. The third-order valence-corrected chi connectivity index (χ3v) is 2.85. The van der Waals surface area contributed by atoms with E-state index in [4.69, 9.17) is 10.00 Å². The van der Waals surface area contributed by atoms with Crippen molar-refractivity contribution in [3.63, 3.8) is 0 Å². The van der Waals surface area contributed by atoms with Gasteiger partial charge in [-0.2, -0.15) is 5.26 Å². The van der Waals surface area contributed by atoms with Gasteiger partial charge in [0.2, 0.25) is 0 Å². The molecule has 0 saturated carbocycles. The number of hydrogen-bond donors (Lipinski definition) is 1. The van der Waals surface area contributed by atoms with E-state index in [2.05, 4.69) is 17.6 Å². The van der Waals surface area contributed by atoms with E-state index < -0.39 is 0 Å². The van der Waals surface area contributed by atoms with E-state index in [0.29, 0.717) is 13.2 Å². The number of rotatable bonds is 1. The molecule has 0 aliphatic carbocycles. The number of nitriles is 1. The molecule has 16 heavy (non-hydrogen) atoms. The first-order valence-corrected chi connectivity index (χ1v) is 5.20. The van der Waals surface area contributed by atoms with Crippen LogP contribution in [0.2, 0.25) is 0 Å². The van der Waals surface area contributed by atoms with Crippen LogP contribution in [0.15, 0.2) is 36.0 Å². The predicted octanol–water partition coefficient (Wildman–Crippen LogP) is 1.35. The van der Waals surface area contributed by atoms with Crippen LogP contribution < -0.4 is 10.2 Å². The normalized spacial score (nSPS) is 21.6. The van der Waals surface area contributed by atoms with Gasteiger partial charge in [-0.05, 0) is 6.07 Å². The zero-order valence-electron chi connectivity index (χ0n) is 8.68. The monoisotopic (exact) mass is 213 g/mol. The van der Waals surface area contributed by atoms with Crippen LogP contribution in [-0.2, 0) is 0 Å². The molecule has 0 spiro atoms. The molecular formula is C12H11N3O. The Balaban J connectivity index is 1.94. The Kier molecular flexibility index (Phi) is 2.05. The highest BCUT2D eigenvalue weighted by Gasteiger charge is 2.31. The van der Waals surface area contributed by atoms with Gasteiger partial charge >= 0.3 is 0 Å². The van der Waals surface area contributed by atoms with E-state index >= 15 is 0 Å². The maximum atomic E-state index is 8.66. The molecule has 1 atom stereocenters. The topological polar surface area (TPSA) is 48.3 Å². The Bertz CT molecular complexity index is 489. The fourth-order valence-corrected chi connectivity index (χ4v) is 2.13. The van der Waals surface area contributed by atoms with Crippen LogP contribution >= 0.6 is 0 Å². The summed E-state index contributed by atoms with van der Waals surface area (Å²) in [6.07, 6.45) is 1.96. The van der Waals surface area contributed by atoms with Crippen LogP contribution in [0.3, 0.4) is 0 Å². The summed E-state index contributed by atoms with van der Waals surface area (Å²) in [7, 11) is 0. The van der Waals surface area contributed by atoms with E-state index in [-0.39, 0.29) is 6.04 Å². The Morgan fingerprint density at radius 2 is 2.38 bits per heavy atom. The molecule has 2 aliphatic rings. The number of nitrogens with zero attached hydrogens (tertiary/aromatic N) is 2. The zero-order chi connectivity index (χ0) is 11.0.